The number of pyridine rings is 1. The topological polar surface area (TPSA) is 71.3 Å². The molecule has 0 saturated carbocycles. The Morgan fingerprint density at radius 2 is 2.19 bits per heavy atom. The number of hydrogen-bond donors (Lipinski definition) is 0. The largest absolute Gasteiger partial charge is 0.282 e. The highest BCUT2D eigenvalue weighted by Crippen LogP contribution is 2.34. The van der Waals surface area contributed by atoms with E-state index in [4.69, 9.17) is 0 Å². The molecule has 3 heterocycles. The minimum absolute atomic E-state index is 0.0915. The monoisotopic (exact) mass is 393 g/mol. The normalized spacial score (nSPS) is 17.4. The van der Waals surface area contributed by atoms with E-state index in [0.29, 0.717) is 21.7 Å². The third-order valence-corrected chi connectivity index (χ3v) is 5.57. The van der Waals surface area contributed by atoms with E-state index in [1.54, 1.807) is 17.2 Å². The lowest BCUT2D eigenvalue weighted by molar-refractivity contribution is -0.121. The molecule has 0 spiro atoms. The highest BCUT2D eigenvalue weighted by Gasteiger charge is 2.32. The van der Waals surface area contributed by atoms with Crippen LogP contribution in [0, 0.1) is 6.92 Å². The number of aromatic nitrogens is 3. The lowest BCUT2D eigenvalue weighted by Crippen LogP contribution is -2.29. The summed E-state index contributed by atoms with van der Waals surface area (Å²) in [7, 11) is 0. The summed E-state index contributed by atoms with van der Waals surface area (Å²) in [6.45, 7) is 6.00. The zero-order chi connectivity index (χ0) is 18.8. The summed E-state index contributed by atoms with van der Waals surface area (Å²) in [4.78, 5) is 23.9. The summed E-state index contributed by atoms with van der Waals surface area (Å²) in [6, 6.07) is 9.83. The number of nitrogens with zero attached hydrogens (tertiary/aromatic N) is 5. The van der Waals surface area contributed by atoms with Gasteiger partial charge >= 0.3 is 0 Å². The molecule has 1 aromatic carbocycles. The molecule has 0 unspecified atom stereocenters. The Morgan fingerprint density at radius 1 is 1.30 bits per heavy atom. The van der Waals surface area contributed by atoms with Crippen LogP contribution in [0.1, 0.15) is 10.6 Å². The first kappa shape index (κ1) is 17.6. The van der Waals surface area contributed by atoms with Gasteiger partial charge in [-0.25, -0.2) is 0 Å². The molecule has 1 amide bonds. The first-order chi connectivity index (χ1) is 13.1. The maximum atomic E-state index is 12.8. The van der Waals surface area contributed by atoms with Gasteiger partial charge in [0.25, 0.3) is 5.91 Å². The van der Waals surface area contributed by atoms with Gasteiger partial charge in [0.2, 0.25) is 5.13 Å². The molecule has 1 aliphatic heterocycles. The van der Waals surface area contributed by atoms with E-state index in [0.717, 1.165) is 21.5 Å². The number of hydrogen-bond acceptors (Lipinski definition) is 7. The quantitative estimate of drug-likeness (QED) is 0.491. The molecule has 3 aromatic rings. The van der Waals surface area contributed by atoms with Gasteiger partial charge in [-0.05, 0) is 48.5 Å². The van der Waals surface area contributed by atoms with Crippen molar-refractivity contribution in [3.8, 4) is 0 Å². The number of carbonyl (C=O) groups is 1. The van der Waals surface area contributed by atoms with Crippen LogP contribution in [-0.4, -0.2) is 37.7 Å². The smallest absolute Gasteiger partial charge is 0.267 e. The van der Waals surface area contributed by atoms with Crippen molar-refractivity contribution in [2.45, 2.75) is 6.92 Å². The fourth-order valence-electron chi connectivity index (χ4n) is 2.63. The predicted molar refractivity (Wildman–Crippen MR) is 111 cm³/mol. The minimum atomic E-state index is -0.0915. The van der Waals surface area contributed by atoms with E-state index in [2.05, 4.69) is 26.8 Å². The standard InChI is InChI=1S/C19H15N5OS2/c1-3-9-24-17(25)16(27-19(24)21-18-23-22-12(2)26-18)11-13-6-7-15-14(10-13)5-4-8-20-15/h3-8,10-11H,1,9H2,2H3/b16-11+,21-19?. The summed E-state index contributed by atoms with van der Waals surface area (Å²) in [5.41, 5.74) is 1.87. The molecule has 1 saturated heterocycles. The van der Waals surface area contributed by atoms with Crippen LogP contribution in [0.3, 0.4) is 0 Å². The highest BCUT2D eigenvalue weighted by atomic mass is 32.2. The molecule has 0 N–H and O–H groups in total. The Morgan fingerprint density at radius 3 is 2.96 bits per heavy atom. The molecule has 27 heavy (non-hydrogen) atoms. The Balaban J connectivity index is 1.69. The molecule has 6 nitrogen and oxygen atoms in total. The number of aryl methyl sites for hydroxylation is 1. The Hall–Kier alpha value is -2.84. The van der Waals surface area contributed by atoms with E-state index in [1.807, 2.05) is 43.3 Å². The van der Waals surface area contributed by atoms with Gasteiger partial charge in [0.1, 0.15) is 5.01 Å². The van der Waals surface area contributed by atoms with Gasteiger partial charge in [0.15, 0.2) is 5.17 Å². The molecule has 4 rings (SSSR count). The van der Waals surface area contributed by atoms with Crippen molar-refractivity contribution in [3.63, 3.8) is 0 Å². The van der Waals surface area contributed by atoms with Crippen molar-refractivity contribution in [1.82, 2.24) is 20.1 Å². The van der Waals surface area contributed by atoms with Crippen LogP contribution in [0.25, 0.3) is 17.0 Å². The molecule has 2 aromatic heterocycles. The number of rotatable bonds is 4. The molecular weight excluding hydrogens is 378 g/mol. The van der Waals surface area contributed by atoms with E-state index >= 15 is 0 Å². The maximum Gasteiger partial charge on any atom is 0.267 e. The SMILES string of the molecule is C=CCN1C(=O)/C(=C\c2ccc3ncccc3c2)SC1=Nc1nnc(C)s1. The average molecular weight is 393 g/mol. The van der Waals surface area contributed by atoms with Crippen molar-refractivity contribution in [1.29, 1.82) is 0 Å². The Bertz CT molecular complexity index is 1100. The molecular formula is C19H15N5OS2. The van der Waals surface area contributed by atoms with E-state index in [9.17, 15) is 4.79 Å². The number of benzene rings is 1. The third-order valence-electron chi connectivity index (χ3n) is 3.83. The van der Waals surface area contributed by atoms with Gasteiger partial charge in [0, 0.05) is 18.1 Å². The minimum Gasteiger partial charge on any atom is -0.282 e. The summed E-state index contributed by atoms with van der Waals surface area (Å²) >= 11 is 2.72. The molecule has 0 aliphatic carbocycles. The van der Waals surface area contributed by atoms with Crippen molar-refractivity contribution in [3.05, 3.63) is 64.7 Å². The van der Waals surface area contributed by atoms with Crippen LogP contribution < -0.4 is 0 Å². The third kappa shape index (κ3) is 3.67. The number of aliphatic imine (C=N–C) groups is 1. The zero-order valence-electron chi connectivity index (χ0n) is 14.5. The first-order valence-corrected chi connectivity index (χ1v) is 9.83. The van der Waals surface area contributed by atoms with Crippen LogP contribution in [0.2, 0.25) is 0 Å². The van der Waals surface area contributed by atoms with Crippen molar-refractivity contribution in [2.24, 2.45) is 4.99 Å². The summed E-state index contributed by atoms with van der Waals surface area (Å²) in [5, 5.41) is 11.0. The van der Waals surface area contributed by atoms with Gasteiger partial charge in [0.05, 0.1) is 10.4 Å². The number of thioether (sulfide) groups is 1. The molecule has 8 heteroatoms. The number of amides is 1. The van der Waals surface area contributed by atoms with Crippen LogP contribution in [0.5, 0.6) is 0 Å². The van der Waals surface area contributed by atoms with Crippen LogP contribution in [-0.2, 0) is 4.79 Å². The second kappa shape index (κ2) is 7.42. The predicted octanol–water partition coefficient (Wildman–Crippen LogP) is 4.18. The van der Waals surface area contributed by atoms with Crippen LogP contribution in [0.15, 0.2) is 59.1 Å². The van der Waals surface area contributed by atoms with Gasteiger partial charge in [-0.3, -0.25) is 14.7 Å². The number of carbonyl (C=O) groups excluding carboxylic acids is 1. The molecule has 0 bridgehead atoms. The molecule has 1 aliphatic rings. The fraction of sp³-hybridized carbons (Fsp3) is 0.105. The Labute approximate surface area is 164 Å². The van der Waals surface area contributed by atoms with Gasteiger partial charge in [-0.15, -0.1) is 16.8 Å². The summed E-state index contributed by atoms with van der Waals surface area (Å²) < 4.78 is 0. The van der Waals surface area contributed by atoms with E-state index in [-0.39, 0.29) is 5.91 Å². The van der Waals surface area contributed by atoms with Crippen LogP contribution >= 0.6 is 23.1 Å². The van der Waals surface area contributed by atoms with Gasteiger partial charge in [-0.2, -0.15) is 4.99 Å². The zero-order valence-corrected chi connectivity index (χ0v) is 16.1. The lowest BCUT2D eigenvalue weighted by atomic mass is 10.1. The maximum absolute atomic E-state index is 12.8. The van der Waals surface area contributed by atoms with Gasteiger partial charge < -0.3 is 0 Å². The van der Waals surface area contributed by atoms with E-state index < -0.39 is 0 Å². The average Bonchev–Trinajstić information content (AvgIpc) is 3.20. The molecule has 1 fully saturated rings. The van der Waals surface area contributed by atoms with Crippen molar-refractivity contribution < 1.29 is 4.79 Å². The van der Waals surface area contributed by atoms with Crippen LogP contribution in [0.4, 0.5) is 5.13 Å². The van der Waals surface area contributed by atoms with Gasteiger partial charge in [-0.1, -0.05) is 29.5 Å². The second-order valence-electron chi connectivity index (χ2n) is 5.77. The molecule has 134 valence electrons. The summed E-state index contributed by atoms with van der Waals surface area (Å²) in [6.07, 6.45) is 5.33. The Kier molecular flexibility index (Phi) is 4.83. The second-order valence-corrected chi connectivity index (χ2v) is 7.94. The fourth-order valence-corrected chi connectivity index (χ4v) is 4.24. The lowest BCUT2D eigenvalue weighted by Gasteiger charge is -2.11. The summed E-state index contributed by atoms with van der Waals surface area (Å²) in [5.74, 6) is -0.0915. The first-order valence-electron chi connectivity index (χ1n) is 8.20. The number of fused-ring (bicyclic) bond motifs is 1. The number of amidine groups is 1. The van der Waals surface area contributed by atoms with Crippen molar-refractivity contribution in [2.75, 3.05) is 6.54 Å². The highest BCUT2D eigenvalue weighted by molar-refractivity contribution is 8.18. The molecule has 0 atom stereocenters. The van der Waals surface area contributed by atoms with Crippen molar-refractivity contribution >= 4 is 56.3 Å². The van der Waals surface area contributed by atoms with E-state index in [1.165, 1.54) is 23.1 Å². The molecule has 0 radical (unpaired) electrons.